The third-order valence-corrected chi connectivity index (χ3v) is 3.68. The Morgan fingerprint density at radius 1 is 1.05 bits per heavy atom. The highest BCUT2D eigenvalue weighted by molar-refractivity contribution is 6.31. The van der Waals surface area contributed by atoms with Crippen molar-refractivity contribution in [3.63, 3.8) is 0 Å². The summed E-state index contributed by atoms with van der Waals surface area (Å²) in [6.07, 6.45) is 1.25. The maximum Gasteiger partial charge on any atom is 0.224 e. The van der Waals surface area contributed by atoms with Gasteiger partial charge in [-0.15, -0.1) is 0 Å². The Morgan fingerprint density at radius 2 is 1.85 bits per heavy atom. The van der Waals surface area contributed by atoms with E-state index < -0.39 is 0 Å². The third kappa shape index (κ3) is 2.78. The second kappa shape index (κ2) is 5.55. The van der Waals surface area contributed by atoms with Crippen LogP contribution in [0.2, 0.25) is 5.02 Å². The number of hydrogen-bond donors (Lipinski definition) is 2. The van der Waals surface area contributed by atoms with Crippen LogP contribution in [0.15, 0.2) is 48.5 Å². The topological polar surface area (TPSA) is 41.1 Å². The summed E-state index contributed by atoms with van der Waals surface area (Å²) in [5.41, 5.74) is 2.82. The number of benzene rings is 2. The number of fused-ring (bicyclic) bond motifs is 1. The SMILES string of the molecule is O=C1CCC(c2ccccc2)Nc2ccc(Cl)cc2N1. The lowest BCUT2D eigenvalue weighted by Crippen LogP contribution is -2.21. The lowest BCUT2D eigenvalue weighted by atomic mass is 10.00. The molecule has 20 heavy (non-hydrogen) atoms. The molecule has 3 nitrogen and oxygen atoms in total. The van der Waals surface area contributed by atoms with Crippen LogP contribution in [0.3, 0.4) is 0 Å². The normalized spacial score (nSPS) is 18.2. The van der Waals surface area contributed by atoms with E-state index in [1.54, 1.807) is 6.07 Å². The second-order valence-corrected chi connectivity index (χ2v) is 5.32. The Morgan fingerprint density at radius 3 is 2.65 bits per heavy atom. The first-order valence-electron chi connectivity index (χ1n) is 6.63. The van der Waals surface area contributed by atoms with E-state index in [4.69, 9.17) is 11.6 Å². The molecule has 0 saturated carbocycles. The van der Waals surface area contributed by atoms with Gasteiger partial charge in [-0.05, 0) is 30.2 Å². The van der Waals surface area contributed by atoms with Crippen LogP contribution in [0, 0.1) is 0 Å². The zero-order valence-corrected chi connectivity index (χ0v) is 11.7. The fourth-order valence-electron chi connectivity index (χ4n) is 2.43. The summed E-state index contributed by atoms with van der Waals surface area (Å²) >= 11 is 5.99. The van der Waals surface area contributed by atoms with E-state index in [0.29, 0.717) is 11.4 Å². The summed E-state index contributed by atoms with van der Waals surface area (Å²) in [5, 5.41) is 6.99. The molecule has 1 aliphatic rings. The number of anilines is 2. The molecule has 1 amide bonds. The Bertz CT molecular complexity index is 628. The van der Waals surface area contributed by atoms with Crippen molar-refractivity contribution in [2.75, 3.05) is 10.6 Å². The highest BCUT2D eigenvalue weighted by Gasteiger charge is 2.19. The van der Waals surface area contributed by atoms with Crippen molar-refractivity contribution in [1.82, 2.24) is 0 Å². The number of nitrogens with one attached hydrogen (secondary N) is 2. The Hall–Kier alpha value is -2.00. The van der Waals surface area contributed by atoms with Crippen molar-refractivity contribution in [1.29, 1.82) is 0 Å². The van der Waals surface area contributed by atoms with Crippen LogP contribution in [0.1, 0.15) is 24.4 Å². The van der Waals surface area contributed by atoms with Crippen molar-refractivity contribution < 1.29 is 4.79 Å². The van der Waals surface area contributed by atoms with Gasteiger partial charge in [0, 0.05) is 11.4 Å². The van der Waals surface area contributed by atoms with Crippen molar-refractivity contribution in [3.05, 3.63) is 59.1 Å². The second-order valence-electron chi connectivity index (χ2n) is 4.88. The molecule has 2 aromatic carbocycles. The van der Waals surface area contributed by atoms with Gasteiger partial charge in [0.2, 0.25) is 5.91 Å². The number of halogens is 1. The van der Waals surface area contributed by atoms with Gasteiger partial charge in [-0.25, -0.2) is 0 Å². The lowest BCUT2D eigenvalue weighted by molar-refractivity contribution is -0.116. The first-order chi connectivity index (χ1) is 9.72. The van der Waals surface area contributed by atoms with Crippen LogP contribution in [0.4, 0.5) is 11.4 Å². The smallest absolute Gasteiger partial charge is 0.224 e. The first kappa shape index (κ1) is 13.0. The maximum atomic E-state index is 11.9. The van der Waals surface area contributed by atoms with E-state index in [9.17, 15) is 4.79 Å². The molecule has 0 aromatic heterocycles. The highest BCUT2D eigenvalue weighted by Crippen LogP contribution is 2.33. The molecule has 1 unspecified atom stereocenters. The molecule has 1 aliphatic heterocycles. The lowest BCUT2D eigenvalue weighted by Gasteiger charge is -2.25. The number of amides is 1. The van der Waals surface area contributed by atoms with Gasteiger partial charge in [0.05, 0.1) is 17.4 Å². The van der Waals surface area contributed by atoms with E-state index in [-0.39, 0.29) is 11.9 Å². The summed E-state index contributed by atoms with van der Waals surface area (Å²) in [6.45, 7) is 0. The Kier molecular flexibility index (Phi) is 3.61. The molecule has 0 saturated heterocycles. The van der Waals surface area contributed by atoms with E-state index in [1.807, 2.05) is 30.3 Å². The molecule has 2 aromatic rings. The predicted molar refractivity (Wildman–Crippen MR) is 82.1 cm³/mol. The summed E-state index contributed by atoms with van der Waals surface area (Å²) in [7, 11) is 0. The first-order valence-corrected chi connectivity index (χ1v) is 7.01. The Labute approximate surface area is 123 Å². The summed E-state index contributed by atoms with van der Waals surface area (Å²) in [5.74, 6) is 0.0240. The molecule has 0 fully saturated rings. The van der Waals surface area contributed by atoms with Gasteiger partial charge in [-0.2, -0.15) is 0 Å². The number of carbonyl (C=O) groups is 1. The Balaban J connectivity index is 1.97. The zero-order valence-electron chi connectivity index (χ0n) is 10.9. The molecule has 0 aliphatic carbocycles. The van der Waals surface area contributed by atoms with Gasteiger partial charge < -0.3 is 10.6 Å². The van der Waals surface area contributed by atoms with Crippen LogP contribution in [0.5, 0.6) is 0 Å². The van der Waals surface area contributed by atoms with Gasteiger partial charge in [0.25, 0.3) is 0 Å². The molecule has 4 heteroatoms. The van der Waals surface area contributed by atoms with Crippen LogP contribution in [0.25, 0.3) is 0 Å². The van der Waals surface area contributed by atoms with Crippen LogP contribution < -0.4 is 10.6 Å². The van der Waals surface area contributed by atoms with E-state index in [2.05, 4.69) is 22.8 Å². The maximum absolute atomic E-state index is 11.9. The molecule has 2 N–H and O–H groups in total. The molecule has 102 valence electrons. The van der Waals surface area contributed by atoms with Crippen molar-refractivity contribution in [2.24, 2.45) is 0 Å². The summed E-state index contributed by atoms with van der Waals surface area (Å²) in [4.78, 5) is 11.9. The fourth-order valence-corrected chi connectivity index (χ4v) is 2.60. The van der Waals surface area contributed by atoms with Gasteiger partial charge in [0.1, 0.15) is 0 Å². The molecule has 3 rings (SSSR count). The van der Waals surface area contributed by atoms with Gasteiger partial charge in [-0.1, -0.05) is 41.9 Å². The minimum absolute atomic E-state index is 0.0240. The number of hydrogen-bond acceptors (Lipinski definition) is 2. The average molecular weight is 287 g/mol. The fraction of sp³-hybridized carbons (Fsp3) is 0.188. The van der Waals surface area contributed by atoms with Gasteiger partial charge in [-0.3, -0.25) is 4.79 Å². The molecule has 0 radical (unpaired) electrons. The largest absolute Gasteiger partial charge is 0.377 e. The monoisotopic (exact) mass is 286 g/mol. The van der Waals surface area contributed by atoms with E-state index in [0.717, 1.165) is 17.8 Å². The van der Waals surface area contributed by atoms with Crippen LogP contribution in [-0.2, 0) is 4.79 Å². The highest BCUT2D eigenvalue weighted by atomic mass is 35.5. The molecule has 0 bridgehead atoms. The third-order valence-electron chi connectivity index (χ3n) is 3.45. The number of rotatable bonds is 1. The van der Waals surface area contributed by atoms with Crippen molar-refractivity contribution >= 4 is 28.9 Å². The molecule has 1 heterocycles. The standard InChI is InChI=1S/C16H15ClN2O/c17-12-6-7-14-15(10-12)19-16(20)9-8-13(18-14)11-4-2-1-3-5-11/h1-7,10,13,18H,8-9H2,(H,19,20). The quantitative estimate of drug-likeness (QED) is 0.824. The van der Waals surface area contributed by atoms with E-state index in [1.165, 1.54) is 5.56 Å². The minimum atomic E-state index is 0.0240. The average Bonchev–Trinajstić information content (AvgIpc) is 2.44. The molecule has 0 spiro atoms. The zero-order chi connectivity index (χ0) is 13.9. The molecular formula is C16H15ClN2O. The number of carbonyl (C=O) groups excluding carboxylic acids is 1. The minimum Gasteiger partial charge on any atom is -0.377 e. The molecular weight excluding hydrogens is 272 g/mol. The van der Waals surface area contributed by atoms with Gasteiger partial charge >= 0.3 is 0 Å². The van der Waals surface area contributed by atoms with Crippen molar-refractivity contribution in [2.45, 2.75) is 18.9 Å². The summed E-state index contributed by atoms with van der Waals surface area (Å²) in [6, 6.07) is 15.8. The van der Waals surface area contributed by atoms with Crippen LogP contribution in [-0.4, -0.2) is 5.91 Å². The van der Waals surface area contributed by atoms with Crippen molar-refractivity contribution in [3.8, 4) is 0 Å². The summed E-state index contributed by atoms with van der Waals surface area (Å²) < 4.78 is 0. The van der Waals surface area contributed by atoms with E-state index >= 15 is 0 Å². The van der Waals surface area contributed by atoms with Gasteiger partial charge in [0.15, 0.2) is 0 Å². The predicted octanol–water partition coefficient (Wildman–Crippen LogP) is 4.23. The van der Waals surface area contributed by atoms with Crippen LogP contribution >= 0.6 is 11.6 Å². The molecule has 1 atom stereocenters.